The van der Waals surface area contributed by atoms with E-state index in [4.69, 9.17) is 28.9 Å². The number of nitrogens with two attached hydrogens (primary N) is 1. The minimum absolute atomic E-state index is 0.135. The van der Waals surface area contributed by atoms with Crippen LogP contribution in [-0.4, -0.2) is 22.7 Å². The molecule has 9 heteroatoms. The Balaban J connectivity index is 1.80. The molecule has 0 saturated heterocycles. The van der Waals surface area contributed by atoms with E-state index in [1.807, 2.05) is 30.3 Å². The molecule has 29 heavy (non-hydrogen) atoms. The smallest absolute Gasteiger partial charge is 0.248 e. The van der Waals surface area contributed by atoms with Crippen molar-refractivity contribution in [1.29, 1.82) is 0 Å². The lowest BCUT2D eigenvalue weighted by Gasteiger charge is -2.26. The number of nitrogens with zero attached hydrogens (tertiary/aromatic N) is 1. The first kappa shape index (κ1) is 21.2. The molecule has 1 atom stereocenters. The standard InChI is InChI=1S/C20H18Cl2N4O2S/c1-11-16(19(23)28)18(13-8-5-9-14(21)17(13)22)26-20(24-11)29-10-15(27)25-12-6-3-2-4-7-12/h2-9,18H,10H2,1H3,(H2,23,28)(H,24,26)(H,25,27)/t18-/m0/s1. The minimum Gasteiger partial charge on any atom is -0.366 e. The number of hydrogen-bond donors (Lipinski definition) is 3. The maximum Gasteiger partial charge on any atom is 0.248 e. The van der Waals surface area contributed by atoms with Gasteiger partial charge < -0.3 is 16.4 Å². The van der Waals surface area contributed by atoms with Gasteiger partial charge in [-0.1, -0.05) is 65.3 Å². The number of para-hydroxylation sites is 1. The number of benzene rings is 2. The van der Waals surface area contributed by atoms with Gasteiger partial charge in [-0.15, -0.1) is 0 Å². The molecule has 4 N–H and O–H groups in total. The highest BCUT2D eigenvalue weighted by Gasteiger charge is 2.30. The van der Waals surface area contributed by atoms with E-state index >= 15 is 0 Å². The van der Waals surface area contributed by atoms with Gasteiger partial charge in [0.25, 0.3) is 0 Å². The van der Waals surface area contributed by atoms with E-state index in [0.717, 1.165) is 0 Å². The molecular formula is C20H18Cl2N4O2S. The topological polar surface area (TPSA) is 96.6 Å². The first-order chi connectivity index (χ1) is 13.9. The summed E-state index contributed by atoms with van der Waals surface area (Å²) >= 11 is 13.7. The number of rotatable bonds is 5. The third-order valence-corrected chi connectivity index (χ3v) is 5.88. The summed E-state index contributed by atoms with van der Waals surface area (Å²) in [4.78, 5) is 28.8. The van der Waals surface area contributed by atoms with Gasteiger partial charge in [0.05, 0.1) is 21.4 Å². The average molecular weight is 449 g/mol. The molecule has 0 unspecified atom stereocenters. The van der Waals surface area contributed by atoms with Crippen molar-refractivity contribution in [3.63, 3.8) is 0 Å². The second-order valence-electron chi connectivity index (χ2n) is 6.21. The van der Waals surface area contributed by atoms with Crippen molar-refractivity contribution >= 4 is 57.6 Å². The highest BCUT2D eigenvalue weighted by Crippen LogP contribution is 2.38. The number of carbonyl (C=O) groups excluding carboxylic acids is 2. The maximum atomic E-state index is 12.2. The Hall–Kier alpha value is -2.48. The molecule has 0 radical (unpaired) electrons. The van der Waals surface area contributed by atoms with Gasteiger partial charge >= 0.3 is 0 Å². The summed E-state index contributed by atoms with van der Waals surface area (Å²) < 4.78 is 0. The van der Waals surface area contributed by atoms with Crippen molar-refractivity contribution < 1.29 is 9.59 Å². The van der Waals surface area contributed by atoms with Crippen LogP contribution in [0.5, 0.6) is 0 Å². The van der Waals surface area contributed by atoms with Crippen LogP contribution < -0.4 is 16.4 Å². The number of amides is 2. The molecule has 6 nitrogen and oxygen atoms in total. The Kier molecular flexibility index (Phi) is 6.84. The van der Waals surface area contributed by atoms with Crippen molar-refractivity contribution in [1.82, 2.24) is 5.32 Å². The number of anilines is 1. The van der Waals surface area contributed by atoms with Crippen LogP contribution in [0.2, 0.25) is 10.0 Å². The molecule has 1 heterocycles. The zero-order valence-electron chi connectivity index (χ0n) is 15.4. The molecule has 0 bridgehead atoms. The molecule has 2 aromatic carbocycles. The first-order valence-electron chi connectivity index (χ1n) is 8.64. The Morgan fingerprint density at radius 1 is 1.17 bits per heavy atom. The van der Waals surface area contributed by atoms with Gasteiger partial charge in [-0.25, -0.2) is 4.99 Å². The third kappa shape index (κ3) is 5.12. The van der Waals surface area contributed by atoms with Crippen molar-refractivity contribution in [2.75, 3.05) is 11.1 Å². The molecule has 1 aliphatic rings. The van der Waals surface area contributed by atoms with E-state index in [2.05, 4.69) is 15.6 Å². The number of amidine groups is 1. The highest BCUT2D eigenvalue weighted by atomic mass is 35.5. The number of allylic oxidation sites excluding steroid dienone is 1. The van der Waals surface area contributed by atoms with E-state index in [1.54, 1.807) is 25.1 Å². The lowest BCUT2D eigenvalue weighted by molar-refractivity contribution is -0.115. The highest BCUT2D eigenvalue weighted by molar-refractivity contribution is 8.14. The Morgan fingerprint density at radius 3 is 2.59 bits per heavy atom. The Morgan fingerprint density at radius 2 is 1.90 bits per heavy atom. The number of primary amides is 1. The Labute approximate surface area is 182 Å². The predicted molar refractivity (Wildman–Crippen MR) is 119 cm³/mol. The molecule has 0 aliphatic carbocycles. The van der Waals surface area contributed by atoms with Crippen LogP contribution in [0.1, 0.15) is 18.5 Å². The maximum absolute atomic E-state index is 12.2. The number of carbonyl (C=O) groups is 2. The second-order valence-corrected chi connectivity index (χ2v) is 7.96. The van der Waals surface area contributed by atoms with Crippen molar-refractivity contribution in [2.24, 2.45) is 10.7 Å². The largest absolute Gasteiger partial charge is 0.366 e. The van der Waals surface area contributed by atoms with E-state index in [0.29, 0.717) is 37.7 Å². The lowest BCUT2D eigenvalue weighted by atomic mass is 9.96. The van der Waals surface area contributed by atoms with Crippen molar-refractivity contribution in [3.05, 3.63) is 75.4 Å². The molecule has 0 aromatic heterocycles. The molecule has 0 spiro atoms. The average Bonchev–Trinajstić information content (AvgIpc) is 2.68. The van der Waals surface area contributed by atoms with E-state index in [9.17, 15) is 9.59 Å². The quantitative estimate of drug-likeness (QED) is 0.640. The first-order valence-corrected chi connectivity index (χ1v) is 10.4. The van der Waals surface area contributed by atoms with Gasteiger partial charge in [0.1, 0.15) is 6.04 Å². The lowest BCUT2D eigenvalue weighted by Crippen LogP contribution is -2.33. The van der Waals surface area contributed by atoms with Crippen LogP contribution >= 0.6 is 35.0 Å². The fourth-order valence-corrected chi connectivity index (χ4v) is 4.01. The molecule has 1 aliphatic heterocycles. The minimum atomic E-state index is -0.709. The summed E-state index contributed by atoms with van der Waals surface area (Å²) in [5.41, 5.74) is 7.71. The summed E-state index contributed by atoms with van der Waals surface area (Å²) in [6.07, 6.45) is 0. The van der Waals surface area contributed by atoms with Gasteiger partial charge in [0.2, 0.25) is 11.8 Å². The SMILES string of the molecule is CC1=C(C(N)=O)[C@H](c2cccc(Cl)c2Cl)N=C(SCC(=O)Nc2ccccc2)N1. The van der Waals surface area contributed by atoms with E-state index < -0.39 is 11.9 Å². The number of halogens is 2. The Bertz CT molecular complexity index is 1010. The van der Waals surface area contributed by atoms with Crippen LogP contribution in [0.15, 0.2) is 64.8 Å². The molecular weight excluding hydrogens is 431 g/mol. The summed E-state index contributed by atoms with van der Waals surface area (Å²) in [7, 11) is 0. The molecule has 2 amide bonds. The van der Waals surface area contributed by atoms with Gasteiger partial charge in [0, 0.05) is 16.9 Å². The second kappa shape index (κ2) is 9.35. The number of thioether (sulfide) groups is 1. The monoisotopic (exact) mass is 448 g/mol. The number of aliphatic imine (C=N–C) groups is 1. The molecule has 2 aromatic rings. The molecule has 150 valence electrons. The molecule has 3 rings (SSSR count). The number of hydrogen-bond acceptors (Lipinski definition) is 5. The van der Waals surface area contributed by atoms with Crippen LogP contribution in [0.25, 0.3) is 0 Å². The summed E-state index contributed by atoms with van der Waals surface area (Å²) in [5.74, 6) is -0.647. The van der Waals surface area contributed by atoms with Gasteiger partial charge in [-0.2, -0.15) is 0 Å². The summed E-state index contributed by atoms with van der Waals surface area (Å²) in [5, 5.41) is 7.00. The summed E-state index contributed by atoms with van der Waals surface area (Å²) in [6.45, 7) is 1.73. The van der Waals surface area contributed by atoms with E-state index in [1.165, 1.54) is 11.8 Å². The molecule has 0 saturated carbocycles. The fraction of sp³-hybridized carbons (Fsp3) is 0.150. The zero-order chi connectivity index (χ0) is 21.0. The van der Waals surface area contributed by atoms with E-state index in [-0.39, 0.29) is 11.7 Å². The summed E-state index contributed by atoms with van der Waals surface area (Å²) in [6, 6.07) is 13.6. The van der Waals surface area contributed by atoms with Gasteiger partial charge in [-0.05, 0) is 25.1 Å². The molecule has 0 fully saturated rings. The predicted octanol–water partition coefficient (Wildman–Crippen LogP) is 4.12. The van der Waals surface area contributed by atoms with Crippen LogP contribution in [0, 0.1) is 0 Å². The van der Waals surface area contributed by atoms with Crippen LogP contribution in [0.3, 0.4) is 0 Å². The number of nitrogens with one attached hydrogen (secondary N) is 2. The van der Waals surface area contributed by atoms with Crippen LogP contribution in [0.4, 0.5) is 5.69 Å². The van der Waals surface area contributed by atoms with Crippen LogP contribution in [-0.2, 0) is 9.59 Å². The third-order valence-electron chi connectivity index (χ3n) is 4.16. The van der Waals surface area contributed by atoms with Crippen molar-refractivity contribution in [3.8, 4) is 0 Å². The van der Waals surface area contributed by atoms with Gasteiger partial charge in [-0.3, -0.25) is 9.59 Å². The fourth-order valence-electron chi connectivity index (χ4n) is 2.85. The van der Waals surface area contributed by atoms with Gasteiger partial charge in [0.15, 0.2) is 5.17 Å². The van der Waals surface area contributed by atoms with Crippen molar-refractivity contribution in [2.45, 2.75) is 13.0 Å². The normalized spacial score (nSPS) is 16.1. The zero-order valence-corrected chi connectivity index (χ0v) is 17.7.